The number of benzene rings is 1. The zero-order valence-corrected chi connectivity index (χ0v) is 11.9. The predicted octanol–water partition coefficient (Wildman–Crippen LogP) is 3.24. The molecule has 0 amide bonds. The molecule has 5 heteroatoms. The van der Waals surface area contributed by atoms with Crippen molar-refractivity contribution in [2.45, 2.75) is 39.5 Å². The molecular formula is C15H19FN2O2. The molecule has 0 saturated carbocycles. The van der Waals surface area contributed by atoms with Crippen LogP contribution in [-0.2, 0) is 6.61 Å². The van der Waals surface area contributed by atoms with Crippen LogP contribution in [0.2, 0.25) is 0 Å². The van der Waals surface area contributed by atoms with E-state index in [0.717, 1.165) is 5.69 Å². The Bertz CT molecular complexity index is 579. The lowest BCUT2D eigenvalue weighted by molar-refractivity contribution is 0.189. The van der Waals surface area contributed by atoms with E-state index in [2.05, 4.69) is 5.10 Å². The Kier molecular flexibility index (Phi) is 4.39. The molecule has 1 N–H and O–H groups in total. The Morgan fingerprint density at radius 3 is 2.65 bits per heavy atom. The van der Waals surface area contributed by atoms with Gasteiger partial charge >= 0.3 is 0 Å². The van der Waals surface area contributed by atoms with Crippen molar-refractivity contribution >= 4 is 0 Å². The van der Waals surface area contributed by atoms with Crippen LogP contribution < -0.4 is 4.74 Å². The number of hydrogen-bond acceptors (Lipinski definition) is 3. The first-order chi connectivity index (χ1) is 9.47. The quantitative estimate of drug-likeness (QED) is 0.913. The lowest BCUT2D eigenvalue weighted by atomic mass is 10.1. The Balaban J connectivity index is 2.11. The Labute approximate surface area is 117 Å². The number of aliphatic hydroxyl groups is 1. The summed E-state index contributed by atoms with van der Waals surface area (Å²) >= 11 is 0. The standard InChI is InChI=1S/C15H19FN2O2/c1-10(2)18-7-6-13(17-18)9-20-15-8-12(16)4-5-14(15)11(3)19/h4-8,10-11,19H,9H2,1-3H3/t11-/m0/s1. The van der Waals surface area contributed by atoms with Crippen LogP contribution in [0, 0.1) is 5.82 Å². The maximum absolute atomic E-state index is 13.3. The van der Waals surface area contributed by atoms with Crippen molar-refractivity contribution in [2.75, 3.05) is 0 Å². The van der Waals surface area contributed by atoms with Crippen LogP contribution in [0.5, 0.6) is 5.75 Å². The first kappa shape index (κ1) is 14.5. The Morgan fingerprint density at radius 1 is 1.30 bits per heavy atom. The third-order valence-corrected chi connectivity index (χ3v) is 2.99. The predicted molar refractivity (Wildman–Crippen MR) is 74.0 cm³/mol. The number of hydrogen-bond donors (Lipinski definition) is 1. The van der Waals surface area contributed by atoms with E-state index in [0.29, 0.717) is 11.3 Å². The van der Waals surface area contributed by atoms with Gasteiger partial charge in [-0.25, -0.2) is 4.39 Å². The summed E-state index contributed by atoms with van der Waals surface area (Å²) in [5.74, 6) is -0.0452. The Morgan fingerprint density at radius 2 is 2.05 bits per heavy atom. The zero-order valence-electron chi connectivity index (χ0n) is 11.9. The van der Waals surface area contributed by atoms with E-state index in [9.17, 15) is 9.50 Å². The molecule has 0 aliphatic heterocycles. The smallest absolute Gasteiger partial charge is 0.132 e. The molecule has 108 valence electrons. The van der Waals surface area contributed by atoms with Gasteiger partial charge in [-0.05, 0) is 39.0 Å². The van der Waals surface area contributed by atoms with Crippen LogP contribution in [0.3, 0.4) is 0 Å². The molecule has 1 aromatic heterocycles. The molecule has 0 spiro atoms. The molecule has 20 heavy (non-hydrogen) atoms. The van der Waals surface area contributed by atoms with Crippen molar-refractivity contribution in [1.29, 1.82) is 0 Å². The highest BCUT2D eigenvalue weighted by molar-refractivity contribution is 5.35. The van der Waals surface area contributed by atoms with Crippen molar-refractivity contribution in [3.05, 3.63) is 47.5 Å². The summed E-state index contributed by atoms with van der Waals surface area (Å²) in [5.41, 5.74) is 1.33. The van der Waals surface area contributed by atoms with E-state index in [1.54, 1.807) is 6.92 Å². The van der Waals surface area contributed by atoms with Gasteiger partial charge in [0.2, 0.25) is 0 Å². The summed E-state index contributed by atoms with van der Waals surface area (Å²) in [6.45, 7) is 5.93. The average Bonchev–Trinajstić information content (AvgIpc) is 2.85. The summed E-state index contributed by atoms with van der Waals surface area (Å²) in [7, 11) is 0. The Hall–Kier alpha value is -1.88. The zero-order chi connectivity index (χ0) is 14.7. The van der Waals surface area contributed by atoms with Crippen LogP contribution in [0.25, 0.3) is 0 Å². The second-order valence-corrected chi connectivity index (χ2v) is 5.03. The van der Waals surface area contributed by atoms with Crippen LogP contribution in [-0.4, -0.2) is 14.9 Å². The second kappa shape index (κ2) is 6.05. The van der Waals surface area contributed by atoms with Gasteiger partial charge in [-0.2, -0.15) is 5.10 Å². The molecule has 1 atom stereocenters. The van der Waals surface area contributed by atoms with Crippen LogP contribution in [0.15, 0.2) is 30.5 Å². The third-order valence-electron chi connectivity index (χ3n) is 2.99. The highest BCUT2D eigenvalue weighted by Crippen LogP contribution is 2.26. The van der Waals surface area contributed by atoms with Crippen molar-refractivity contribution in [1.82, 2.24) is 9.78 Å². The van der Waals surface area contributed by atoms with Crippen LogP contribution in [0.4, 0.5) is 4.39 Å². The summed E-state index contributed by atoms with van der Waals surface area (Å²) < 4.78 is 20.7. The average molecular weight is 278 g/mol. The molecule has 4 nitrogen and oxygen atoms in total. The normalized spacial score (nSPS) is 12.7. The van der Waals surface area contributed by atoms with Gasteiger partial charge in [0.1, 0.15) is 18.2 Å². The lowest BCUT2D eigenvalue weighted by Gasteiger charge is -2.12. The molecular weight excluding hydrogens is 259 g/mol. The third kappa shape index (κ3) is 3.36. The maximum Gasteiger partial charge on any atom is 0.132 e. The molecule has 0 saturated heterocycles. The van der Waals surface area contributed by atoms with Crippen molar-refractivity contribution in [2.24, 2.45) is 0 Å². The monoisotopic (exact) mass is 278 g/mol. The fourth-order valence-corrected chi connectivity index (χ4v) is 1.87. The van der Waals surface area contributed by atoms with E-state index in [1.165, 1.54) is 18.2 Å². The van der Waals surface area contributed by atoms with E-state index in [-0.39, 0.29) is 12.6 Å². The number of aromatic nitrogens is 2. The molecule has 2 rings (SSSR count). The van der Waals surface area contributed by atoms with Gasteiger partial charge in [0.25, 0.3) is 0 Å². The molecule has 1 heterocycles. The SMILES string of the molecule is CC(C)n1ccc(COc2cc(F)ccc2[C@H](C)O)n1. The van der Waals surface area contributed by atoms with Gasteiger partial charge in [-0.1, -0.05) is 0 Å². The topological polar surface area (TPSA) is 47.3 Å². The van der Waals surface area contributed by atoms with E-state index in [4.69, 9.17) is 4.74 Å². The van der Waals surface area contributed by atoms with Gasteiger partial charge in [0.05, 0.1) is 11.8 Å². The molecule has 0 aliphatic carbocycles. The minimum absolute atomic E-state index is 0.239. The number of nitrogens with zero attached hydrogens (tertiary/aromatic N) is 2. The summed E-state index contributed by atoms with van der Waals surface area (Å²) in [6.07, 6.45) is 1.17. The van der Waals surface area contributed by atoms with E-state index < -0.39 is 11.9 Å². The molecule has 0 bridgehead atoms. The molecule has 1 aromatic carbocycles. The van der Waals surface area contributed by atoms with Gasteiger partial charge < -0.3 is 9.84 Å². The molecule has 0 radical (unpaired) electrons. The largest absolute Gasteiger partial charge is 0.487 e. The van der Waals surface area contributed by atoms with Crippen LogP contribution in [0.1, 0.15) is 44.2 Å². The summed E-state index contributed by atoms with van der Waals surface area (Å²) in [5, 5.41) is 14.0. The van der Waals surface area contributed by atoms with Crippen LogP contribution >= 0.6 is 0 Å². The van der Waals surface area contributed by atoms with Gasteiger partial charge in [-0.3, -0.25) is 4.68 Å². The van der Waals surface area contributed by atoms with Crippen molar-refractivity contribution < 1.29 is 14.2 Å². The number of halogens is 1. The minimum Gasteiger partial charge on any atom is -0.487 e. The summed E-state index contributed by atoms with van der Waals surface area (Å²) in [4.78, 5) is 0. The van der Waals surface area contributed by atoms with Crippen molar-refractivity contribution in [3.63, 3.8) is 0 Å². The second-order valence-electron chi connectivity index (χ2n) is 5.03. The number of ether oxygens (including phenoxy) is 1. The first-order valence-electron chi connectivity index (χ1n) is 6.61. The van der Waals surface area contributed by atoms with Crippen molar-refractivity contribution in [3.8, 4) is 5.75 Å². The first-order valence-corrected chi connectivity index (χ1v) is 6.61. The molecule has 0 aliphatic rings. The van der Waals surface area contributed by atoms with Gasteiger partial charge in [0, 0.05) is 23.9 Å². The fourth-order valence-electron chi connectivity index (χ4n) is 1.87. The minimum atomic E-state index is -0.709. The highest BCUT2D eigenvalue weighted by Gasteiger charge is 2.11. The maximum atomic E-state index is 13.3. The van der Waals surface area contributed by atoms with E-state index >= 15 is 0 Å². The number of aliphatic hydroxyl groups excluding tert-OH is 1. The lowest BCUT2D eigenvalue weighted by Crippen LogP contribution is -2.05. The van der Waals surface area contributed by atoms with Gasteiger partial charge in [-0.15, -0.1) is 0 Å². The van der Waals surface area contributed by atoms with Gasteiger partial charge in [0.15, 0.2) is 0 Å². The molecule has 0 unspecified atom stereocenters. The molecule has 2 aromatic rings. The summed E-state index contributed by atoms with van der Waals surface area (Å²) in [6, 6.07) is 6.26. The highest BCUT2D eigenvalue weighted by atomic mass is 19.1. The molecule has 0 fully saturated rings. The number of rotatable bonds is 5. The fraction of sp³-hybridized carbons (Fsp3) is 0.400. The van der Waals surface area contributed by atoms with E-state index in [1.807, 2.05) is 30.8 Å².